The van der Waals surface area contributed by atoms with Gasteiger partial charge in [-0.15, -0.1) is 0 Å². The molecule has 0 spiro atoms. The molecule has 0 bridgehead atoms. The van der Waals surface area contributed by atoms with Gasteiger partial charge in [-0.25, -0.2) is 19.3 Å². The van der Waals surface area contributed by atoms with Crippen molar-refractivity contribution < 1.29 is 9.90 Å². The minimum absolute atomic E-state index is 0.247. The van der Waals surface area contributed by atoms with E-state index in [2.05, 4.69) is 9.97 Å². The maximum absolute atomic E-state index is 11.3. The summed E-state index contributed by atoms with van der Waals surface area (Å²) in [6, 6.07) is 11.0. The lowest BCUT2D eigenvalue weighted by Crippen LogP contribution is -2.10. The van der Waals surface area contributed by atoms with Crippen molar-refractivity contribution in [2.75, 3.05) is 0 Å². The number of carboxylic acid groups (broad SMARTS) is 1. The van der Waals surface area contributed by atoms with Crippen molar-refractivity contribution in [1.82, 2.24) is 14.5 Å². The highest BCUT2D eigenvalue weighted by Gasteiger charge is 2.17. The maximum Gasteiger partial charge on any atom is 0.417 e. The highest BCUT2D eigenvalue weighted by Crippen LogP contribution is 2.27. The molecular weight excluding hydrogens is 278 g/mol. The Hall–Kier alpha value is -2.40. The van der Waals surface area contributed by atoms with Gasteiger partial charge in [0.25, 0.3) is 0 Å². The van der Waals surface area contributed by atoms with Crippen LogP contribution in [0.1, 0.15) is 5.69 Å². The van der Waals surface area contributed by atoms with Crippen molar-refractivity contribution in [2.24, 2.45) is 0 Å². The Balaban J connectivity index is 2.33. The van der Waals surface area contributed by atoms with Gasteiger partial charge < -0.3 is 5.11 Å². The highest BCUT2D eigenvalue weighted by atomic mass is 35.5. The van der Waals surface area contributed by atoms with Gasteiger partial charge in [-0.1, -0.05) is 41.9 Å². The van der Waals surface area contributed by atoms with Crippen LogP contribution in [0.4, 0.5) is 4.79 Å². The third-order valence-corrected chi connectivity index (χ3v) is 3.31. The summed E-state index contributed by atoms with van der Waals surface area (Å²) in [5.41, 5.74) is 1.63. The van der Waals surface area contributed by atoms with Crippen LogP contribution in [0.3, 0.4) is 0 Å². The van der Waals surface area contributed by atoms with Crippen LogP contribution in [-0.2, 0) is 0 Å². The molecular formula is C14H10ClN3O2. The summed E-state index contributed by atoms with van der Waals surface area (Å²) in [4.78, 5) is 19.9. The van der Waals surface area contributed by atoms with E-state index < -0.39 is 6.09 Å². The summed E-state index contributed by atoms with van der Waals surface area (Å²) in [6.07, 6.45) is -1.09. The van der Waals surface area contributed by atoms with Crippen molar-refractivity contribution in [3.05, 3.63) is 47.2 Å². The number of rotatable bonds is 1. The third kappa shape index (κ3) is 1.92. The topological polar surface area (TPSA) is 68.0 Å². The lowest BCUT2D eigenvalue weighted by Gasteiger charge is -2.04. The first-order valence-corrected chi connectivity index (χ1v) is 6.30. The van der Waals surface area contributed by atoms with E-state index in [0.29, 0.717) is 22.6 Å². The van der Waals surface area contributed by atoms with Crippen LogP contribution in [0.15, 0.2) is 36.4 Å². The molecule has 20 heavy (non-hydrogen) atoms. The molecule has 0 fully saturated rings. The fourth-order valence-electron chi connectivity index (χ4n) is 2.12. The zero-order chi connectivity index (χ0) is 14.3. The Bertz CT molecular complexity index is 812. The van der Waals surface area contributed by atoms with Crippen LogP contribution in [-0.4, -0.2) is 25.7 Å². The largest absolute Gasteiger partial charge is 0.464 e. The van der Waals surface area contributed by atoms with Crippen molar-refractivity contribution in [2.45, 2.75) is 6.92 Å². The van der Waals surface area contributed by atoms with Crippen LogP contribution < -0.4 is 0 Å². The quantitative estimate of drug-likeness (QED) is 0.695. The smallest absolute Gasteiger partial charge is 0.417 e. The van der Waals surface area contributed by atoms with Gasteiger partial charge in [0.2, 0.25) is 0 Å². The van der Waals surface area contributed by atoms with E-state index in [9.17, 15) is 9.90 Å². The molecule has 0 unspecified atom stereocenters. The van der Waals surface area contributed by atoms with E-state index in [1.165, 1.54) is 0 Å². The van der Waals surface area contributed by atoms with E-state index in [1.807, 2.05) is 30.3 Å². The molecule has 0 saturated carbocycles. The molecule has 0 aliphatic rings. The van der Waals surface area contributed by atoms with Gasteiger partial charge in [0.15, 0.2) is 11.5 Å². The number of nitrogens with zero attached hydrogens (tertiary/aromatic N) is 3. The second kappa shape index (κ2) is 4.61. The summed E-state index contributed by atoms with van der Waals surface area (Å²) in [7, 11) is 0. The second-order valence-electron chi connectivity index (χ2n) is 4.35. The molecule has 0 radical (unpaired) electrons. The first kappa shape index (κ1) is 12.6. The Morgan fingerprint density at radius 1 is 1.25 bits per heavy atom. The number of benzene rings is 1. The van der Waals surface area contributed by atoms with Gasteiger partial charge in [0, 0.05) is 11.3 Å². The monoisotopic (exact) mass is 287 g/mol. The Morgan fingerprint density at radius 2 is 1.95 bits per heavy atom. The average Bonchev–Trinajstić information content (AvgIpc) is 2.76. The molecule has 0 saturated heterocycles. The number of hydrogen-bond acceptors (Lipinski definition) is 3. The number of aryl methyl sites for hydroxylation is 1. The molecule has 0 aliphatic heterocycles. The minimum Gasteiger partial charge on any atom is -0.464 e. The van der Waals surface area contributed by atoms with Gasteiger partial charge in [-0.3, -0.25) is 0 Å². The number of aromatic nitrogens is 3. The summed E-state index contributed by atoms with van der Waals surface area (Å²) < 4.78 is 1.11. The summed E-state index contributed by atoms with van der Waals surface area (Å²) in [5.74, 6) is 0.406. The first-order chi connectivity index (χ1) is 9.58. The number of fused-ring (bicyclic) bond motifs is 1. The normalized spacial score (nSPS) is 10.9. The van der Waals surface area contributed by atoms with Crippen LogP contribution in [0.5, 0.6) is 0 Å². The third-order valence-electron chi connectivity index (χ3n) is 3.02. The molecule has 0 aliphatic carbocycles. The summed E-state index contributed by atoms with van der Waals surface area (Å²) >= 11 is 6.14. The van der Waals surface area contributed by atoms with Gasteiger partial charge in [0.05, 0.1) is 5.39 Å². The molecule has 1 aromatic carbocycles. The zero-order valence-corrected chi connectivity index (χ0v) is 11.3. The summed E-state index contributed by atoms with van der Waals surface area (Å²) in [5, 5.41) is 10.0. The van der Waals surface area contributed by atoms with Gasteiger partial charge in [-0.2, -0.15) is 0 Å². The fourth-order valence-corrected chi connectivity index (χ4v) is 2.34. The Kier molecular flexibility index (Phi) is 2.91. The van der Waals surface area contributed by atoms with E-state index in [0.717, 1.165) is 10.1 Å². The molecule has 1 N–H and O–H groups in total. The molecule has 5 nitrogen and oxygen atoms in total. The molecule has 0 amide bonds. The first-order valence-electron chi connectivity index (χ1n) is 5.92. The molecule has 0 atom stereocenters. The van der Waals surface area contributed by atoms with Crippen LogP contribution in [0, 0.1) is 6.92 Å². The zero-order valence-electron chi connectivity index (χ0n) is 10.5. The Morgan fingerprint density at radius 3 is 2.60 bits per heavy atom. The molecule has 2 heterocycles. The van der Waals surface area contributed by atoms with Gasteiger partial charge >= 0.3 is 6.09 Å². The van der Waals surface area contributed by atoms with Crippen LogP contribution in [0.2, 0.25) is 5.15 Å². The molecule has 100 valence electrons. The van der Waals surface area contributed by atoms with Crippen LogP contribution >= 0.6 is 11.6 Å². The maximum atomic E-state index is 11.3. The predicted molar refractivity (Wildman–Crippen MR) is 76.1 cm³/mol. The van der Waals surface area contributed by atoms with Crippen LogP contribution in [0.25, 0.3) is 22.4 Å². The van der Waals surface area contributed by atoms with Gasteiger partial charge in [0.1, 0.15) is 5.15 Å². The molecule has 3 rings (SSSR count). The second-order valence-corrected chi connectivity index (χ2v) is 4.70. The number of halogens is 1. The minimum atomic E-state index is -1.09. The molecule has 6 heteroatoms. The van der Waals surface area contributed by atoms with Crippen molar-refractivity contribution >= 4 is 28.7 Å². The number of hydrogen-bond donors (Lipinski definition) is 1. The predicted octanol–water partition coefficient (Wildman–Crippen LogP) is 3.59. The number of carbonyl (C=O) groups is 1. The van der Waals surface area contributed by atoms with Crippen molar-refractivity contribution in [3.63, 3.8) is 0 Å². The Labute approximate surface area is 119 Å². The SMILES string of the molecule is Cc1cc2c(Cl)nc(-c3ccccc3)nc2n1C(=O)O. The van der Waals surface area contributed by atoms with E-state index in [1.54, 1.807) is 13.0 Å². The average molecular weight is 288 g/mol. The van der Waals surface area contributed by atoms with Crippen molar-refractivity contribution in [1.29, 1.82) is 0 Å². The lowest BCUT2D eigenvalue weighted by atomic mass is 10.2. The standard InChI is InChI=1S/C14H10ClN3O2/c1-8-7-10-11(15)16-12(9-5-3-2-4-6-9)17-13(10)18(8)14(19)20/h2-7H,1H3,(H,19,20). The summed E-state index contributed by atoms with van der Waals surface area (Å²) in [6.45, 7) is 1.69. The lowest BCUT2D eigenvalue weighted by molar-refractivity contribution is 0.197. The van der Waals surface area contributed by atoms with E-state index in [4.69, 9.17) is 11.6 Å². The van der Waals surface area contributed by atoms with Gasteiger partial charge in [-0.05, 0) is 13.0 Å². The van der Waals surface area contributed by atoms with E-state index >= 15 is 0 Å². The molecule has 2 aromatic heterocycles. The fraction of sp³-hybridized carbons (Fsp3) is 0.0714. The highest BCUT2D eigenvalue weighted by molar-refractivity contribution is 6.34. The van der Waals surface area contributed by atoms with E-state index in [-0.39, 0.29) is 5.15 Å². The van der Waals surface area contributed by atoms with Crippen molar-refractivity contribution in [3.8, 4) is 11.4 Å². The molecule has 3 aromatic rings.